The number of hydrogen-bond acceptors (Lipinski definition) is 1. The predicted molar refractivity (Wildman–Crippen MR) is 61.7 cm³/mol. The standard InChI is InChI=1S/C12H7F15O2/c1-4(5(28)29)2-3-6(13,14)7(15,16)8(17,18)9(19,20)10(21,22)11(23,24)12(25,26)27/h1-3H2,(H,28,29). The summed E-state index contributed by atoms with van der Waals surface area (Å²) in [6, 6.07) is 0. The van der Waals surface area contributed by atoms with Crippen molar-refractivity contribution in [2.75, 3.05) is 0 Å². The second-order valence-corrected chi connectivity index (χ2v) is 5.48. The summed E-state index contributed by atoms with van der Waals surface area (Å²) in [5, 5.41) is 8.25. The molecule has 0 spiro atoms. The average Bonchev–Trinajstić information content (AvgIpc) is 2.50. The van der Waals surface area contributed by atoms with Gasteiger partial charge in [-0.3, -0.25) is 0 Å². The molecule has 0 saturated carbocycles. The van der Waals surface area contributed by atoms with Crippen molar-refractivity contribution in [2.45, 2.75) is 54.6 Å². The molecule has 0 saturated heterocycles. The number of carboxylic acid groups (broad SMARTS) is 1. The maximum absolute atomic E-state index is 13.3. The van der Waals surface area contributed by atoms with Gasteiger partial charge in [0.1, 0.15) is 0 Å². The molecule has 0 aromatic rings. The number of carboxylic acids is 1. The van der Waals surface area contributed by atoms with Crippen LogP contribution in [-0.4, -0.2) is 52.8 Å². The molecule has 1 N–H and O–H groups in total. The summed E-state index contributed by atoms with van der Waals surface area (Å²) in [4.78, 5) is 10.3. The molecular formula is C12H7F15O2. The Morgan fingerprint density at radius 2 is 0.931 bits per heavy atom. The van der Waals surface area contributed by atoms with Crippen LogP contribution in [0.5, 0.6) is 0 Å². The lowest BCUT2D eigenvalue weighted by Crippen LogP contribution is -2.72. The lowest BCUT2D eigenvalue weighted by molar-refractivity contribution is -0.452. The van der Waals surface area contributed by atoms with Crippen molar-refractivity contribution < 1.29 is 75.8 Å². The molecular weight excluding hydrogens is 461 g/mol. The Balaban J connectivity index is 6.28. The molecule has 0 aliphatic carbocycles. The van der Waals surface area contributed by atoms with E-state index in [2.05, 4.69) is 6.58 Å². The Kier molecular flexibility index (Phi) is 6.69. The third-order valence-corrected chi connectivity index (χ3v) is 3.44. The molecule has 29 heavy (non-hydrogen) atoms. The van der Waals surface area contributed by atoms with Crippen LogP contribution in [0.1, 0.15) is 12.8 Å². The number of aliphatic carboxylic acids is 1. The van der Waals surface area contributed by atoms with E-state index in [0.717, 1.165) is 0 Å². The molecule has 0 aliphatic heterocycles. The molecule has 0 aliphatic rings. The SMILES string of the molecule is C=C(CCC(F)(F)C(F)(F)C(F)(F)C(F)(F)C(F)(F)C(F)(F)C(F)(F)F)C(=O)O. The minimum absolute atomic E-state index is 1.36. The normalized spacial score (nSPS) is 15.4. The highest BCUT2D eigenvalue weighted by Crippen LogP contribution is 2.62. The Hall–Kier alpha value is -1.84. The van der Waals surface area contributed by atoms with Crippen LogP contribution >= 0.6 is 0 Å². The first kappa shape index (κ1) is 27.2. The number of carbonyl (C=O) groups is 1. The number of halogens is 15. The monoisotopic (exact) mass is 468 g/mol. The zero-order chi connectivity index (χ0) is 24.1. The van der Waals surface area contributed by atoms with Gasteiger partial charge in [0.05, 0.1) is 0 Å². The van der Waals surface area contributed by atoms with Gasteiger partial charge >= 0.3 is 47.7 Å². The van der Waals surface area contributed by atoms with Gasteiger partial charge in [0, 0.05) is 12.0 Å². The van der Waals surface area contributed by atoms with Gasteiger partial charge < -0.3 is 5.11 Å². The van der Waals surface area contributed by atoms with E-state index < -0.39 is 66.1 Å². The topological polar surface area (TPSA) is 37.3 Å². The Morgan fingerprint density at radius 3 is 1.24 bits per heavy atom. The van der Waals surface area contributed by atoms with Crippen LogP contribution in [-0.2, 0) is 4.79 Å². The van der Waals surface area contributed by atoms with Crippen LogP contribution in [0.2, 0.25) is 0 Å². The van der Waals surface area contributed by atoms with E-state index in [0.29, 0.717) is 0 Å². The zero-order valence-electron chi connectivity index (χ0n) is 13.1. The lowest BCUT2D eigenvalue weighted by Gasteiger charge is -2.41. The molecule has 2 nitrogen and oxygen atoms in total. The molecule has 0 rings (SSSR count). The van der Waals surface area contributed by atoms with Gasteiger partial charge in [-0.05, 0) is 6.42 Å². The molecule has 0 unspecified atom stereocenters. The van der Waals surface area contributed by atoms with E-state index in [1.165, 1.54) is 0 Å². The van der Waals surface area contributed by atoms with Crippen LogP contribution in [0.3, 0.4) is 0 Å². The number of alkyl halides is 15. The van der Waals surface area contributed by atoms with E-state index in [-0.39, 0.29) is 0 Å². The Bertz CT molecular complexity index is 646. The molecule has 0 bridgehead atoms. The fourth-order valence-electron chi connectivity index (χ4n) is 1.57. The van der Waals surface area contributed by atoms with Crippen molar-refractivity contribution in [1.29, 1.82) is 0 Å². The van der Waals surface area contributed by atoms with E-state index >= 15 is 0 Å². The van der Waals surface area contributed by atoms with E-state index in [4.69, 9.17) is 5.11 Å². The smallest absolute Gasteiger partial charge is 0.460 e. The predicted octanol–water partition coefficient (Wildman–Crippen LogP) is 5.78. The third kappa shape index (κ3) is 3.95. The van der Waals surface area contributed by atoms with Gasteiger partial charge in [-0.15, -0.1) is 0 Å². The summed E-state index contributed by atoms with van der Waals surface area (Å²) >= 11 is 0. The van der Waals surface area contributed by atoms with E-state index in [9.17, 15) is 70.7 Å². The van der Waals surface area contributed by atoms with Crippen LogP contribution in [0.25, 0.3) is 0 Å². The average molecular weight is 468 g/mol. The van der Waals surface area contributed by atoms with Crippen molar-refractivity contribution in [3.8, 4) is 0 Å². The first-order valence-electron chi connectivity index (χ1n) is 6.57. The molecule has 0 atom stereocenters. The number of hydrogen-bond donors (Lipinski definition) is 1. The Labute approximate surface area is 150 Å². The zero-order valence-corrected chi connectivity index (χ0v) is 13.1. The molecule has 0 aromatic carbocycles. The quantitative estimate of drug-likeness (QED) is 0.344. The molecule has 0 amide bonds. The Morgan fingerprint density at radius 1 is 0.621 bits per heavy atom. The maximum Gasteiger partial charge on any atom is 0.460 e. The molecule has 172 valence electrons. The van der Waals surface area contributed by atoms with Gasteiger partial charge in [0.2, 0.25) is 0 Å². The second kappa shape index (κ2) is 7.14. The van der Waals surface area contributed by atoms with Gasteiger partial charge in [0.25, 0.3) is 0 Å². The first-order valence-corrected chi connectivity index (χ1v) is 6.57. The van der Waals surface area contributed by atoms with Crippen molar-refractivity contribution in [1.82, 2.24) is 0 Å². The molecule has 0 radical (unpaired) electrons. The minimum atomic E-state index is -8.35. The fraction of sp³-hybridized carbons (Fsp3) is 0.750. The van der Waals surface area contributed by atoms with Gasteiger partial charge in [-0.25, -0.2) is 4.79 Å². The van der Waals surface area contributed by atoms with Gasteiger partial charge in [-0.2, -0.15) is 65.9 Å². The largest absolute Gasteiger partial charge is 0.478 e. The lowest BCUT2D eigenvalue weighted by atomic mass is 9.89. The molecule has 0 heterocycles. The van der Waals surface area contributed by atoms with Crippen molar-refractivity contribution >= 4 is 5.97 Å². The van der Waals surface area contributed by atoms with E-state index in [1.807, 2.05) is 0 Å². The molecule has 0 aromatic heterocycles. The van der Waals surface area contributed by atoms with Crippen molar-refractivity contribution in [2.24, 2.45) is 0 Å². The first-order chi connectivity index (χ1) is 12.3. The second-order valence-electron chi connectivity index (χ2n) is 5.48. The molecule has 17 heteroatoms. The summed E-state index contributed by atoms with van der Waals surface area (Å²) in [7, 11) is 0. The van der Waals surface area contributed by atoms with Gasteiger partial charge in [0.15, 0.2) is 0 Å². The summed E-state index contributed by atoms with van der Waals surface area (Å²) in [5.74, 6) is -49.1. The van der Waals surface area contributed by atoms with Crippen LogP contribution in [0, 0.1) is 0 Å². The molecule has 0 fully saturated rings. The van der Waals surface area contributed by atoms with Crippen molar-refractivity contribution in [3.05, 3.63) is 12.2 Å². The summed E-state index contributed by atoms with van der Waals surface area (Å²) in [6.45, 7) is 2.49. The summed E-state index contributed by atoms with van der Waals surface area (Å²) < 4.78 is 193. The maximum atomic E-state index is 13.3. The van der Waals surface area contributed by atoms with Gasteiger partial charge in [-0.1, -0.05) is 6.58 Å². The van der Waals surface area contributed by atoms with E-state index in [1.54, 1.807) is 0 Å². The minimum Gasteiger partial charge on any atom is -0.478 e. The van der Waals surface area contributed by atoms with Crippen molar-refractivity contribution in [3.63, 3.8) is 0 Å². The summed E-state index contributed by atoms with van der Waals surface area (Å²) in [5.41, 5.74) is -1.36. The van der Waals surface area contributed by atoms with Crippen LogP contribution in [0.4, 0.5) is 65.9 Å². The third-order valence-electron chi connectivity index (χ3n) is 3.44. The number of rotatable bonds is 9. The highest BCUT2D eigenvalue weighted by Gasteiger charge is 2.93. The highest BCUT2D eigenvalue weighted by molar-refractivity contribution is 5.85. The highest BCUT2D eigenvalue weighted by atomic mass is 19.4. The summed E-state index contributed by atoms with van der Waals surface area (Å²) in [6.07, 6.45) is -12.2. The van der Waals surface area contributed by atoms with Crippen LogP contribution in [0.15, 0.2) is 12.2 Å². The fourth-order valence-corrected chi connectivity index (χ4v) is 1.57. The van der Waals surface area contributed by atoms with Crippen LogP contribution < -0.4 is 0 Å².